The molecular weight excluding hydrogens is 158 g/mol. The highest BCUT2D eigenvalue weighted by molar-refractivity contribution is 7.81. The Labute approximate surface area is 73.2 Å². The fourth-order valence-electron chi connectivity index (χ4n) is 1.37. The molecule has 0 aromatic carbocycles. The second-order valence-electron chi connectivity index (χ2n) is 3.12. The number of carbonyl (C=O) groups is 1. The first-order chi connectivity index (χ1) is 5.27. The molecule has 2 atom stereocenters. The zero-order valence-corrected chi connectivity index (χ0v) is 7.73. The van der Waals surface area contributed by atoms with E-state index >= 15 is 0 Å². The highest BCUT2D eigenvalue weighted by Crippen LogP contribution is 2.34. The molecule has 1 rings (SSSR count). The van der Waals surface area contributed by atoms with Crippen molar-refractivity contribution in [1.29, 1.82) is 0 Å². The third kappa shape index (κ3) is 2.73. The van der Waals surface area contributed by atoms with Crippen molar-refractivity contribution in [3.63, 3.8) is 0 Å². The van der Waals surface area contributed by atoms with E-state index in [1.807, 2.05) is 0 Å². The van der Waals surface area contributed by atoms with Crippen LogP contribution in [0.1, 0.15) is 26.2 Å². The first-order valence-corrected chi connectivity index (χ1v) is 4.81. The van der Waals surface area contributed by atoms with Crippen molar-refractivity contribution in [2.45, 2.75) is 32.2 Å². The Morgan fingerprint density at radius 3 is 3.00 bits per heavy atom. The molecule has 1 fully saturated rings. The largest absolute Gasteiger partial charge is 0.352 e. The van der Waals surface area contributed by atoms with Crippen LogP contribution in [0.15, 0.2) is 0 Å². The van der Waals surface area contributed by atoms with Crippen molar-refractivity contribution in [3.8, 4) is 0 Å². The summed E-state index contributed by atoms with van der Waals surface area (Å²) in [7, 11) is 0. The number of carbonyl (C=O) groups excluding carboxylic acids is 1. The van der Waals surface area contributed by atoms with Gasteiger partial charge in [0.2, 0.25) is 5.91 Å². The van der Waals surface area contributed by atoms with Crippen molar-refractivity contribution in [3.05, 3.63) is 0 Å². The summed E-state index contributed by atoms with van der Waals surface area (Å²) < 4.78 is 0. The van der Waals surface area contributed by atoms with Crippen LogP contribution in [0.25, 0.3) is 0 Å². The van der Waals surface area contributed by atoms with Gasteiger partial charge < -0.3 is 5.32 Å². The van der Waals surface area contributed by atoms with Crippen LogP contribution in [-0.2, 0) is 4.79 Å². The van der Waals surface area contributed by atoms with E-state index in [1.54, 1.807) is 0 Å². The number of nitrogens with one attached hydrogen (secondary N) is 1. The molecule has 2 unspecified atom stereocenters. The molecule has 0 aromatic rings. The molecule has 1 saturated carbocycles. The Morgan fingerprint density at radius 1 is 1.73 bits per heavy atom. The maximum absolute atomic E-state index is 10.8. The van der Waals surface area contributed by atoms with Crippen LogP contribution in [0.2, 0.25) is 0 Å². The van der Waals surface area contributed by atoms with E-state index in [4.69, 9.17) is 0 Å². The molecule has 1 aliphatic rings. The first kappa shape index (κ1) is 8.91. The van der Waals surface area contributed by atoms with E-state index in [0.717, 1.165) is 5.92 Å². The molecule has 0 bridgehead atoms. The van der Waals surface area contributed by atoms with Gasteiger partial charge in [0.15, 0.2) is 0 Å². The second kappa shape index (κ2) is 4.00. The average Bonchev–Trinajstić information content (AvgIpc) is 2.69. The SMILES string of the molecule is CCCC1CC1NC(=O)CS. The molecule has 2 nitrogen and oxygen atoms in total. The van der Waals surface area contributed by atoms with Gasteiger partial charge in [-0.05, 0) is 18.8 Å². The number of amides is 1. The third-order valence-electron chi connectivity index (χ3n) is 2.07. The van der Waals surface area contributed by atoms with E-state index in [2.05, 4.69) is 24.9 Å². The predicted octanol–water partition coefficient (Wildman–Crippen LogP) is 1.22. The van der Waals surface area contributed by atoms with Gasteiger partial charge >= 0.3 is 0 Å². The topological polar surface area (TPSA) is 29.1 Å². The second-order valence-corrected chi connectivity index (χ2v) is 3.43. The maximum atomic E-state index is 10.8. The number of hydrogen-bond donors (Lipinski definition) is 2. The Kier molecular flexibility index (Phi) is 3.24. The summed E-state index contributed by atoms with van der Waals surface area (Å²) in [5.41, 5.74) is 0. The number of rotatable bonds is 4. The Morgan fingerprint density at radius 2 is 2.45 bits per heavy atom. The molecule has 0 radical (unpaired) electrons. The number of thiol groups is 1. The highest BCUT2D eigenvalue weighted by Gasteiger charge is 2.36. The van der Waals surface area contributed by atoms with E-state index in [-0.39, 0.29) is 5.91 Å². The Hall–Kier alpha value is -0.180. The van der Waals surface area contributed by atoms with Crippen molar-refractivity contribution in [1.82, 2.24) is 5.32 Å². The average molecular weight is 173 g/mol. The van der Waals surface area contributed by atoms with Crippen molar-refractivity contribution < 1.29 is 4.79 Å². The molecule has 0 aromatic heterocycles. The van der Waals surface area contributed by atoms with E-state index in [1.165, 1.54) is 19.3 Å². The lowest BCUT2D eigenvalue weighted by atomic mass is 10.2. The van der Waals surface area contributed by atoms with Gasteiger partial charge in [0.1, 0.15) is 0 Å². The molecule has 1 N–H and O–H groups in total. The van der Waals surface area contributed by atoms with E-state index < -0.39 is 0 Å². The van der Waals surface area contributed by atoms with Gasteiger partial charge in [-0.1, -0.05) is 13.3 Å². The Balaban J connectivity index is 2.08. The lowest BCUT2D eigenvalue weighted by Gasteiger charge is -2.00. The summed E-state index contributed by atoms with van der Waals surface area (Å²) in [4.78, 5) is 10.8. The van der Waals surface area contributed by atoms with Crippen LogP contribution >= 0.6 is 12.6 Å². The minimum atomic E-state index is 0.0666. The van der Waals surface area contributed by atoms with Crippen LogP contribution in [0.4, 0.5) is 0 Å². The number of hydrogen-bond acceptors (Lipinski definition) is 2. The van der Waals surface area contributed by atoms with Gasteiger partial charge in [0.25, 0.3) is 0 Å². The minimum absolute atomic E-state index is 0.0666. The van der Waals surface area contributed by atoms with E-state index in [0.29, 0.717) is 11.8 Å². The molecule has 1 amide bonds. The maximum Gasteiger partial charge on any atom is 0.229 e. The standard InChI is InChI=1S/C8H15NOS/c1-2-3-6-4-7(6)9-8(10)5-11/h6-7,11H,2-5H2,1H3,(H,9,10). The smallest absolute Gasteiger partial charge is 0.229 e. The summed E-state index contributed by atoms with van der Waals surface area (Å²) in [5, 5.41) is 2.92. The lowest BCUT2D eigenvalue weighted by molar-refractivity contribution is -0.118. The lowest BCUT2D eigenvalue weighted by Crippen LogP contribution is -2.27. The Bertz CT molecular complexity index is 149. The van der Waals surface area contributed by atoms with Gasteiger partial charge in [-0.3, -0.25) is 4.79 Å². The molecule has 0 saturated heterocycles. The van der Waals surface area contributed by atoms with Crippen molar-refractivity contribution >= 4 is 18.5 Å². The zero-order chi connectivity index (χ0) is 8.27. The fourth-order valence-corrected chi connectivity index (χ4v) is 1.46. The van der Waals surface area contributed by atoms with Crippen molar-refractivity contribution in [2.24, 2.45) is 5.92 Å². The summed E-state index contributed by atoms with van der Waals surface area (Å²) in [6.45, 7) is 2.18. The zero-order valence-electron chi connectivity index (χ0n) is 6.84. The summed E-state index contributed by atoms with van der Waals surface area (Å²) in [6, 6.07) is 0.467. The fraction of sp³-hybridized carbons (Fsp3) is 0.875. The monoisotopic (exact) mass is 173 g/mol. The molecule has 3 heteroatoms. The van der Waals surface area contributed by atoms with Crippen LogP contribution < -0.4 is 5.32 Å². The predicted molar refractivity (Wildman–Crippen MR) is 48.8 cm³/mol. The van der Waals surface area contributed by atoms with Gasteiger partial charge in [0, 0.05) is 6.04 Å². The minimum Gasteiger partial charge on any atom is -0.352 e. The van der Waals surface area contributed by atoms with Gasteiger partial charge in [-0.2, -0.15) is 12.6 Å². The van der Waals surface area contributed by atoms with Crippen LogP contribution in [0.3, 0.4) is 0 Å². The molecule has 0 heterocycles. The van der Waals surface area contributed by atoms with E-state index in [9.17, 15) is 4.79 Å². The molecule has 0 aliphatic heterocycles. The first-order valence-electron chi connectivity index (χ1n) is 4.18. The normalized spacial score (nSPS) is 28.2. The highest BCUT2D eigenvalue weighted by atomic mass is 32.1. The summed E-state index contributed by atoms with van der Waals surface area (Å²) in [5.74, 6) is 1.13. The van der Waals surface area contributed by atoms with Crippen LogP contribution in [0.5, 0.6) is 0 Å². The van der Waals surface area contributed by atoms with Crippen LogP contribution in [0, 0.1) is 5.92 Å². The summed E-state index contributed by atoms with van der Waals surface area (Å²) in [6.07, 6.45) is 3.64. The molecule has 0 spiro atoms. The van der Waals surface area contributed by atoms with Crippen LogP contribution in [-0.4, -0.2) is 17.7 Å². The molecule has 64 valence electrons. The van der Waals surface area contributed by atoms with Crippen molar-refractivity contribution in [2.75, 3.05) is 5.75 Å². The molecule has 11 heavy (non-hydrogen) atoms. The third-order valence-corrected chi connectivity index (χ3v) is 2.36. The molecule has 1 aliphatic carbocycles. The van der Waals surface area contributed by atoms with Gasteiger partial charge in [0.05, 0.1) is 5.75 Å². The molecular formula is C8H15NOS. The van der Waals surface area contributed by atoms with Gasteiger partial charge in [-0.25, -0.2) is 0 Å². The summed E-state index contributed by atoms with van der Waals surface area (Å²) >= 11 is 3.89. The van der Waals surface area contributed by atoms with Gasteiger partial charge in [-0.15, -0.1) is 0 Å². The quantitative estimate of drug-likeness (QED) is 0.615.